The molecule has 0 spiro atoms. The molecule has 1 aromatic carbocycles. The zero-order valence-corrected chi connectivity index (χ0v) is 11.5. The highest BCUT2D eigenvalue weighted by atomic mass is 35.5. The third kappa shape index (κ3) is 2.20. The fourth-order valence-corrected chi connectivity index (χ4v) is 3.56. The number of nitrogens with zero attached hydrogens (tertiary/aromatic N) is 1. The molecule has 2 rings (SSSR count). The number of anilines is 1. The van der Waals surface area contributed by atoms with E-state index in [1.165, 1.54) is 4.90 Å². The first-order valence-electron chi connectivity index (χ1n) is 5.41. The van der Waals surface area contributed by atoms with Gasteiger partial charge in [0.05, 0.1) is 10.7 Å². The molecule has 6 heteroatoms. The highest BCUT2D eigenvalue weighted by Gasteiger charge is 2.34. The topological polar surface area (TPSA) is 57.6 Å². The van der Waals surface area contributed by atoms with Gasteiger partial charge >= 0.3 is 11.9 Å². The van der Waals surface area contributed by atoms with E-state index in [9.17, 15) is 9.59 Å². The van der Waals surface area contributed by atoms with Crippen molar-refractivity contribution < 1.29 is 14.7 Å². The van der Waals surface area contributed by atoms with E-state index in [4.69, 9.17) is 16.7 Å². The van der Waals surface area contributed by atoms with E-state index < -0.39 is 11.9 Å². The van der Waals surface area contributed by atoms with E-state index in [2.05, 4.69) is 0 Å². The Morgan fingerprint density at radius 3 is 2.78 bits per heavy atom. The van der Waals surface area contributed by atoms with Crippen molar-refractivity contribution in [3.05, 3.63) is 22.7 Å². The minimum Gasteiger partial charge on any atom is -0.474 e. The molecule has 0 saturated heterocycles. The Labute approximate surface area is 114 Å². The summed E-state index contributed by atoms with van der Waals surface area (Å²) in [6.45, 7) is 3.72. The van der Waals surface area contributed by atoms with Gasteiger partial charge in [0, 0.05) is 16.7 Å². The number of hydrogen-bond donors (Lipinski definition) is 1. The van der Waals surface area contributed by atoms with Crippen LogP contribution in [0.3, 0.4) is 0 Å². The minimum atomic E-state index is -1.46. The lowest BCUT2D eigenvalue weighted by Crippen LogP contribution is -2.46. The van der Waals surface area contributed by atoms with Crippen LogP contribution in [0.5, 0.6) is 0 Å². The number of carboxylic acid groups (broad SMARTS) is 1. The largest absolute Gasteiger partial charge is 0.474 e. The van der Waals surface area contributed by atoms with Crippen LogP contribution in [0.25, 0.3) is 0 Å². The molecule has 1 aromatic rings. The van der Waals surface area contributed by atoms with E-state index in [1.54, 1.807) is 17.8 Å². The van der Waals surface area contributed by atoms with Crippen LogP contribution in [0.2, 0.25) is 5.02 Å². The first kappa shape index (κ1) is 13.2. The van der Waals surface area contributed by atoms with E-state index >= 15 is 0 Å². The van der Waals surface area contributed by atoms with Crippen molar-refractivity contribution in [3.63, 3.8) is 0 Å². The number of halogens is 1. The van der Waals surface area contributed by atoms with Gasteiger partial charge in [0.2, 0.25) is 0 Å². The molecule has 0 bridgehead atoms. The number of amides is 1. The molecule has 0 aliphatic carbocycles. The van der Waals surface area contributed by atoms with E-state index in [-0.39, 0.29) is 6.04 Å². The van der Waals surface area contributed by atoms with Crippen molar-refractivity contribution in [1.29, 1.82) is 0 Å². The maximum absolute atomic E-state index is 11.8. The molecule has 1 amide bonds. The van der Waals surface area contributed by atoms with Crippen LogP contribution in [0.4, 0.5) is 5.69 Å². The quantitative estimate of drug-likeness (QED) is 0.744. The normalized spacial score (nSPS) is 18.4. The van der Waals surface area contributed by atoms with Crippen LogP contribution in [0.1, 0.15) is 12.5 Å². The third-order valence-corrected chi connectivity index (χ3v) is 4.30. The van der Waals surface area contributed by atoms with E-state index in [0.717, 1.165) is 10.5 Å². The lowest BCUT2D eigenvalue weighted by molar-refractivity contribution is -0.149. The van der Waals surface area contributed by atoms with Crippen LogP contribution in [0.15, 0.2) is 17.0 Å². The van der Waals surface area contributed by atoms with Crippen LogP contribution < -0.4 is 4.90 Å². The maximum atomic E-state index is 11.8. The minimum absolute atomic E-state index is 0.189. The predicted molar refractivity (Wildman–Crippen MR) is 71.5 cm³/mol. The molecule has 0 aromatic heterocycles. The van der Waals surface area contributed by atoms with Crippen molar-refractivity contribution >= 4 is 40.9 Å². The molecule has 1 aliphatic heterocycles. The van der Waals surface area contributed by atoms with Crippen LogP contribution in [-0.2, 0) is 9.59 Å². The maximum Gasteiger partial charge on any atom is 0.394 e. The molecule has 0 saturated carbocycles. The van der Waals surface area contributed by atoms with Crippen molar-refractivity contribution in [1.82, 2.24) is 0 Å². The summed E-state index contributed by atoms with van der Waals surface area (Å²) in [6, 6.07) is 3.47. The molecule has 96 valence electrons. The number of aryl methyl sites for hydroxylation is 1. The molecule has 0 radical (unpaired) electrons. The summed E-state index contributed by atoms with van der Waals surface area (Å²) in [7, 11) is 0. The SMILES string of the molecule is Cc1cc(Cl)c2c(c1)SCC(C)N2C(=O)C(=O)O. The van der Waals surface area contributed by atoms with Gasteiger partial charge in [-0.2, -0.15) is 0 Å². The number of fused-ring (bicyclic) bond motifs is 1. The Hall–Kier alpha value is -1.20. The molecule has 18 heavy (non-hydrogen) atoms. The second-order valence-corrected chi connectivity index (χ2v) is 5.70. The Kier molecular flexibility index (Phi) is 3.54. The zero-order valence-electron chi connectivity index (χ0n) is 9.94. The van der Waals surface area contributed by atoms with Crippen molar-refractivity contribution in [3.8, 4) is 0 Å². The van der Waals surface area contributed by atoms with Crippen LogP contribution in [0, 0.1) is 6.92 Å². The Balaban J connectivity index is 2.57. The van der Waals surface area contributed by atoms with Gasteiger partial charge in [0.15, 0.2) is 0 Å². The highest BCUT2D eigenvalue weighted by Crippen LogP contribution is 2.42. The average Bonchev–Trinajstić information content (AvgIpc) is 2.28. The fraction of sp³-hybridized carbons (Fsp3) is 0.333. The fourth-order valence-electron chi connectivity index (χ4n) is 1.96. The zero-order chi connectivity index (χ0) is 13.4. The Morgan fingerprint density at radius 1 is 1.50 bits per heavy atom. The second kappa shape index (κ2) is 4.82. The second-order valence-electron chi connectivity index (χ2n) is 4.23. The van der Waals surface area contributed by atoms with Gasteiger partial charge in [-0.25, -0.2) is 4.79 Å². The number of carbonyl (C=O) groups is 2. The summed E-state index contributed by atoms with van der Waals surface area (Å²) >= 11 is 7.74. The molecule has 0 fully saturated rings. The number of rotatable bonds is 0. The highest BCUT2D eigenvalue weighted by molar-refractivity contribution is 7.99. The van der Waals surface area contributed by atoms with Crippen LogP contribution in [-0.4, -0.2) is 28.8 Å². The summed E-state index contributed by atoms with van der Waals surface area (Å²) < 4.78 is 0. The summed E-state index contributed by atoms with van der Waals surface area (Å²) in [5, 5.41) is 9.30. The van der Waals surface area contributed by atoms with Crippen molar-refractivity contribution in [2.45, 2.75) is 24.8 Å². The van der Waals surface area contributed by atoms with Gasteiger partial charge in [0.25, 0.3) is 0 Å². The molecular formula is C12H12ClNO3S. The molecular weight excluding hydrogens is 274 g/mol. The van der Waals surface area contributed by atoms with Crippen molar-refractivity contribution in [2.75, 3.05) is 10.7 Å². The van der Waals surface area contributed by atoms with Gasteiger partial charge in [-0.3, -0.25) is 9.69 Å². The number of benzene rings is 1. The first-order chi connectivity index (χ1) is 8.41. The van der Waals surface area contributed by atoms with Gasteiger partial charge in [0.1, 0.15) is 0 Å². The summed E-state index contributed by atoms with van der Waals surface area (Å²) in [6.07, 6.45) is 0. The van der Waals surface area contributed by atoms with Gasteiger partial charge < -0.3 is 5.11 Å². The first-order valence-corrected chi connectivity index (χ1v) is 6.77. The Bertz CT molecular complexity index is 532. The number of aliphatic carboxylic acids is 1. The third-order valence-electron chi connectivity index (χ3n) is 2.74. The van der Waals surface area contributed by atoms with Gasteiger partial charge in [-0.1, -0.05) is 11.6 Å². The lowest BCUT2D eigenvalue weighted by Gasteiger charge is -2.34. The molecule has 1 aliphatic rings. The number of hydrogen-bond acceptors (Lipinski definition) is 3. The average molecular weight is 286 g/mol. The number of thioether (sulfide) groups is 1. The number of carboxylic acids is 1. The standard InChI is InChI=1S/C12H12ClNO3S/c1-6-3-8(13)10-9(4-6)18-5-7(2)14(10)11(15)12(16)17/h3-4,7H,5H2,1-2H3,(H,16,17). The summed E-state index contributed by atoms with van der Waals surface area (Å²) in [5.41, 5.74) is 1.50. The predicted octanol–water partition coefficient (Wildman–Crippen LogP) is 2.56. The van der Waals surface area contributed by atoms with Crippen LogP contribution >= 0.6 is 23.4 Å². The van der Waals surface area contributed by atoms with E-state index in [1.807, 2.05) is 19.9 Å². The smallest absolute Gasteiger partial charge is 0.394 e. The lowest BCUT2D eigenvalue weighted by atomic mass is 10.1. The molecule has 1 unspecified atom stereocenters. The monoisotopic (exact) mass is 285 g/mol. The van der Waals surface area contributed by atoms with E-state index in [0.29, 0.717) is 16.5 Å². The Morgan fingerprint density at radius 2 is 2.17 bits per heavy atom. The van der Waals surface area contributed by atoms with Gasteiger partial charge in [-0.15, -0.1) is 11.8 Å². The molecule has 1 atom stereocenters. The van der Waals surface area contributed by atoms with Gasteiger partial charge in [-0.05, 0) is 31.5 Å². The number of carbonyl (C=O) groups excluding carboxylic acids is 1. The summed E-state index contributed by atoms with van der Waals surface area (Å²) in [4.78, 5) is 24.8. The summed E-state index contributed by atoms with van der Waals surface area (Å²) in [5.74, 6) is -1.74. The molecule has 4 nitrogen and oxygen atoms in total. The molecule has 1 heterocycles. The van der Waals surface area contributed by atoms with Crippen molar-refractivity contribution in [2.24, 2.45) is 0 Å². The molecule has 1 N–H and O–H groups in total.